The first kappa shape index (κ1) is 16.5. The third kappa shape index (κ3) is 3.28. The molecule has 1 aliphatic rings. The Balaban J connectivity index is 2.35. The molecule has 9 heteroatoms. The summed E-state index contributed by atoms with van der Waals surface area (Å²) in [5.74, 6) is 0.240. The zero-order valence-electron chi connectivity index (χ0n) is 12.2. The molecule has 3 rings (SSSR count). The molecule has 0 saturated carbocycles. The number of nitroso groups, excluding NO2 is 1. The fraction of sp³-hybridized carbons (Fsp3) is 0.133. The summed E-state index contributed by atoms with van der Waals surface area (Å²) in [4.78, 5) is 22.9. The number of nitrogens with zero attached hydrogens (tertiary/aromatic N) is 5. The molecule has 7 nitrogen and oxygen atoms in total. The second-order valence-electron chi connectivity index (χ2n) is 4.84. The minimum atomic E-state index is -0.287. The lowest BCUT2D eigenvalue weighted by molar-refractivity contribution is -0.0122. The first-order valence-corrected chi connectivity index (χ1v) is 7.65. The number of hydroxylamine groups is 2. The van der Waals surface area contributed by atoms with Crippen molar-refractivity contribution in [2.24, 2.45) is 15.2 Å². The van der Waals surface area contributed by atoms with E-state index in [9.17, 15) is 10.1 Å². The molecule has 0 amide bonds. The van der Waals surface area contributed by atoms with Crippen LogP contribution in [0.5, 0.6) is 0 Å². The van der Waals surface area contributed by atoms with Crippen LogP contribution in [0.15, 0.2) is 51.6 Å². The van der Waals surface area contributed by atoms with Crippen LogP contribution in [0.1, 0.15) is 5.56 Å². The highest BCUT2D eigenvalue weighted by Gasteiger charge is 2.20. The molecule has 24 heavy (non-hydrogen) atoms. The number of hydrogen-bond donors (Lipinski definition) is 1. The molecule has 0 unspecified atom stereocenters. The predicted molar refractivity (Wildman–Crippen MR) is 90.6 cm³/mol. The van der Waals surface area contributed by atoms with E-state index in [0.717, 1.165) is 5.06 Å². The van der Waals surface area contributed by atoms with Gasteiger partial charge in [0.1, 0.15) is 28.6 Å². The molecule has 1 N–H and O–H groups in total. The maximum Gasteiger partial charge on any atom is 0.173 e. The molecule has 1 aromatic carbocycles. The van der Waals surface area contributed by atoms with Gasteiger partial charge in [0, 0.05) is 5.56 Å². The van der Waals surface area contributed by atoms with Crippen LogP contribution >= 0.6 is 23.2 Å². The molecule has 0 bridgehead atoms. The molecule has 2 heterocycles. The Morgan fingerprint density at radius 1 is 1.21 bits per heavy atom. The summed E-state index contributed by atoms with van der Waals surface area (Å²) >= 11 is 12.3. The lowest BCUT2D eigenvalue weighted by Crippen LogP contribution is -2.34. The number of aromatic nitrogens is 1. The van der Waals surface area contributed by atoms with Crippen LogP contribution < -0.4 is 10.7 Å². The van der Waals surface area contributed by atoms with E-state index in [1.165, 1.54) is 0 Å². The van der Waals surface area contributed by atoms with Gasteiger partial charge in [0.2, 0.25) is 0 Å². The van der Waals surface area contributed by atoms with Crippen molar-refractivity contribution < 1.29 is 5.21 Å². The number of aliphatic imine (C=N–C) groups is 1. The van der Waals surface area contributed by atoms with Crippen LogP contribution in [-0.2, 0) is 0 Å². The Hall–Kier alpha value is -2.35. The van der Waals surface area contributed by atoms with Crippen molar-refractivity contribution in [2.45, 2.75) is 0 Å². The number of pyridine rings is 1. The normalized spacial score (nSPS) is 15.7. The Morgan fingerprint density at radius 2 is 2.00 bits per heavy atom. The van der Waals surface area contributed by atoms with Crippen molar-refractivity contribution in [3.05, 3.63) is 67.8 Å². The van der Waals surface area contributed by atoms with Gasteiger partial charge in [-0.05, 0) is 23.4 Å². The van der Waals surface area contributed by atoms with Crippen molar-refractivity contribution in [3.63, 3.8) is 0 Å². The summed E-state index contributed by atoms with van der Waals surface area (Å²) in [5.41, 5.74) is 0.925. The molecule has 0 saturated heterocycles. The minimum absolute atomic E-state index is 0.0515. The van der Waals surface area contributed by atoms with Crippen molar-refractivity contribution in [1.82, 2.24) is 10.0 Å². The SMILES string of the molecule is O=NCN=C1CN(O)C(c2ccccc2Cl)=c2nc(Cl)ccc2=N1. The van der Waals surface area contributed by atoms with E-state index in [2.05, 4.69) is 20.1 Å². The van der Waals surface area contributed by atoms with E-state index in [4.69, 9.17) is 23.2 Å². The van der Waals surface area contributed by atoms with Crippen molar-refractivity contribution in [2.75, 3.05) is 13.2 Å². The summed E-state index contributed by atoms with van der Waals surface area (Å²) in [7, 11) is 0. The van der Waals surface area contributed by atoms with Gasteiger partial charge in [0.25, 0.3) is 0 Å². The van der Waals surface area contributed by atoms with Crippen molar-refractivity contribution in [3.8, 4) is 0 Å². The monoisotopic (exact) mass is 363 g/mol. The maximum atomic E-state index is 10.5. The van der Waals surface area contributed by atoms with Crippen LogP contribution in [0.4, 0.5) is 0 Å². The Morgan fingerprint density at radius 3 is 2.75 bits per heavy atom. The molecule has 2 aromatic rings. The summed E-state index contributed by atoms with van der Waals surface area (Å²) in [6.07, 6.45) is 0. The lowest BCUT2D eigenvalue weighted by Gasteiger charge is -2.19. The molecule has 0 atom stereocenters. The molecule has 0 spiro atoms. The van der Waals surface area contributed by atoms with Gasteiger partial charge in [-0.15, -0.1) is 4.91 Å². The van der Waals surface area contributed by atoms with E-state index in [-0.39, 0.29) is 24.2 Å². The molecular formula is C15H11Cl2N5O2. The van der Waals surface area contributed by atoms with E-state index in [0.29, 0.717) is 27.0 Å². The van der Waals surface area contributed by atoms with Gasteiger partial charge >= 0.3 is 0 Å². The van der Waals surface area contributed by atoms with Gasteiger partial charge < -0.3 is 0 Å². The average molecular weight is 364 g/mol. The van der Waals surface area contributed by atoms with Gasteiger partial charge in [-0.1, -0.05) is 41.4 Å². The van der Waals surface area contributed by atoms with E-state index >= 15 is 0 Å². The van der Waals surface area contributed by atoms with Gasteiger partial charge in [0.15, 0.2) is 6.67 Å². The van der Waals surface area contributed by atoms with Crippen LogP contribution in [0, 0.1) is 4.91 Å². The maximum absolute atomic E-state index is 10.5. The number of hydrogen-bond acceptors (Lipinski definition) is 6. The van der Waals surface area contributed by atoms with Gasteiger partial charge in [0.05, 0.1) is 10.4 Å². The first-order valence-electron chi connectivity index (χ1n) is 6.89. The molecule has 0 radical (unpaired) electrons. The second-order valence-corrected chi connectivity index (χ2v) is 5.64. The highest BCUT2D eigenvalue weighted by Crippen LogP contribution is 2.23. The van der Waals surface area contributed by atoms with E-state index in [1.807, 2.05) is 0 Å². The van der Waals surface area contributed by atoms with Crippen LogP contribution in [0.2, 0.25) is 10.2 Å². The smallest absolute Gasteiger partial charge is 0.173 e. The predicted octanol–water partition coefficient (Wildman–Crippen LogP) is 1.99. The summed E-state index contributed by atoms with van der Waals surface area (Å²) in [5, 5.41) is 15.7. The number of fused-ring (bicyclic) bond motifs is 1. The zero-order valence-corrected chi connectivity index (χ0v) is 13.7. The Bertz CT molecular complexity index is 945. The number of benzene rings is 1. The van der Waals surface area contributed by atoms with Crippen molar-refractivity contribution in [1.29, 1.82) is 0 Å². The minimum Gasteiger partial charge on any atom is -0.288 e. The molecule has 0 fully saturated rings. The van der Waals surface area contributed by atoms with Gasteiger partial charge in [-0.2, -0.15) is 0 Å². The first-order chi connectivity index (χ1) is 11.6. The molecular weight excluding hydrogens is 353 g/mol. The third-order valence-corrected chi connectivity index (χ3v) is 3.84. The van der Waals surface area contributed by atoms with E-state index in [1.54, 1.807) is 36.4 Å². The van der Waals surface area contributed by atoms with Crippen LogP contribution in [-0.4, -0.2) is 34.3 Å². The average Bonchev–Trinajstić information content (AvgIpc) is 2.69. The second kappa shape index (κ2) is 7.04. The quantitative estimate of drug-likeness (QED) is 0.666. The molecule has 122 valence electrons. The molecule has 1 aromatic heterocycles. The number of amidine groups is 1. The standard InChI is InChI=1S/C15H11Cl2N5O2/c16-10-4-2-1-3-9(10)15-14-11(5-6-12(17)21-14)20-13(7-22(15)24)18-8-19-23/h1-6,24H,7-8H2. The number of halogens is 2. The lowest BCUT2D eigenvalue weighted by atomic mass is 10.1. The highest BCUT2D eigenvalue weighted by molar-refractivity contribution is 6.32. The Labute approximate surface area is 146 Å². The van der Waals surface area contributed by atoms with Crippen LogP contribution in [0.3, 0.4) is 0 Å². The zero-order chi connectivity index (χ0) is 17.1. The summed E-state index contributed by atoms with van der Waals surface area (Å²) in [6, 6.07) is 10.3. The number of rotatable bonds is 3. The van der Waals surface area contributed by atoms with Crippen molar-refractivity contribution >= 4 is 34.7 Å². The molecule has 1 aliphatic heterocycles. The summed E-state index contributed by atoms with van der Waals surface area (Å²) < 4.78 is 0. The van der Waals surface area contributed by atoms with Gasteiger partial charge in [-0.25, -0.2) is 20.0 Å². The highest BCUT2D eigenvalue weighted by atomic mass is 35.5. The third-order valence-electron chi connectivity index (χ3n) is 3.30. The van der Waals surface area contributed by atoms with Crippen LogP contribution in [0.25, 0.3) is 5.70 Å². The fourth-order valence-corrected chi connectivity index (χ4v) is 2.69. The van der Waals surface area contributed by atoms with E-state index < -0.39 is 0 Å². The Kier molecular flexibility index (Phi) is 4.84. The fourth-order valence-electron chi connectivity index (χ4n) is 2.32. The molecule has 0 aliphatic carbocycles. The van der Waals surface area contributed by atoms with Gasteiger partial charge in [-0.3, -0.25) is 5.21 Å². The summed E-state index contributed by atoms with van der Waals surface area (Å²) in [6.45, 7) is -0.339. The topological polar surface area (TPSA) is 90.5 Å². The largest absolute Gasteiger partial charge is 0.288 e.